The van der Waals surface area contributed by atoms with E-state index in [0.717, 1.165) is 19.3 Å². The molecular weight excluding hydrogens is 390 g/mol. The number of ether oxygens (including phenoxy) is 1. The van der Waals surface area contributed by atoms with E-state index in [-0.39, 0.29) is 36.0 Å². The fraction of sp³-hybridized carbons (Fsp3) is 0.348. The summed E-state index contributed by atoms with van der Waals surface area (Å²) in [4.78, 5) is 39.9. The quantitative estimate of drug-likeness (QED) is 0.550. The number of hydrogen-bond donors (Lipinski definition) is 0. The minimum absolute atomic E-state index is 0.118. The number of imide groups is 1. The van der Waals surface area contributed by atoms with Gasteiger partial charge in [-0.15, -0.1) is 0 Å². The van der Waals surface area contributed by atoms with Crippen LogP contribution in [0.15, 0.2) is 48.5 Å². The number of benzene rings is 2. The maximum absolute atomic E-state index is 13.1. The maximum atomic E-state index is 13.1. The van der Waals surface area contributed by atoms with Crippen LogP contribution in [0.5, 0.6) is 5.75 Å². The van der Waals surface area contributed by atoms with Crippen molar-refractivity contribution in [2.75, 3.05) is 11.5 Å². The Morgan fingerprint density at radius 3 is 2.24 bits per heavy atom. The molecule has 0 unspecified atom stereocenters. The van der Waals surface area contributed by atoms with Gasteiger partial charge >= 0.3 is 0 Å². The maximum Gasteiger partial charge on any atom is 0.238 e. The molecule has 1 heterocycles. The van der Waals surface area contributed by atoms with Crippen molar-refractivity contribution >= 4 is 34.9 Å². The Kier molecular flexibility index (Phi) is 4.43. The van der Waals surface area contributed by atoms with Crippen molar-refractivity contribution in [3.8, 4) is 5.75 Å². The number of anilines is 1. The Bertz CT molecular complexity index is 974. The molecule has 1 aliphatic heterocycles. The third-order valence-corrected chi connectivity index (χ3v) is 6.81. The molecule has 2 aliphatic carbocycles. The van der Waals surface area contributed by atoms with Gasteiger partial charge in [0.25, 0.3) is 0 Å². The molecule has 29 heavy (non-hydrogen) atoms. The average Bonchev–Trinajstić information content (AvgIpc) is 3.41. The van der Waals surface area contributed by atoms with Crippen LogP contribution in [0, 0.1) is 23.7 Å². The summed E-state index contributed by atoms with van der Waals surface area (Å²) in [5.41, 5.74) is 0.923. The molecule has 0 radical (unpaired) electrons. The molecule has 1 saturated heterocycles. The summed E-state index contributed by atoms with van der Waals surface area (Å²) in [6.07, 6.45) is 3.06. The van der Waals surface area contributed by atoms with Crippen LogP contribution in [0.25, 0.3) is 0 Å². The summed E-state index contributed by atoms with van der Waals surface area (Å²) in [7, 11) is 0. The highest BCUT2D eigenvalue weighted by Crippen LogP contribution is 2.57. The van der Waals surface area contributed by atoms with Gasteiger partial charge in [-0.2, -0.15) is 0 Å². The summed E-state index contributed by atoms with van der Waals surface area (Å²) in [6, 6.07) is 13.5. The van der Waals surface area contributed by atoms with E-state index in [4.69, 9.17) is 16.3 Å². The molecule has 3 aliphatic rings. The lowest BCUT2D eigenvalue weighted by Gasteiger charge is -2.20. The highest BCUT2D eigenvalue weighted by molar-refractivity contribution is 6.30. The van der Waals surface area contributed by atoms with Gasteiger partial charge in [-0.05, 0) is 67.5 Å². The fourth-order valence-corrected chi connectivity index (χ4v) is 5.40. The zero-order valence-electron chi connectivity index (χ0n) is 15.7. The zero-order valence-corrected chi connectivity index (χ0v) is 16.5. The Hall–Kier alpha value is -2.66. The van der Waals surface area contributed by atoms with E-state index >= 15 is 0 Å². The van der Waals surface area contributed by atoms with Gasteiger partial charge in [-0.3, -0.25) is 14.4 Å². The SMILES string of the molecule is O=C(COc1ccccc1N1C(=O)[C@@H]2[C@H]3CC[C@H](C3)[C@@H]2C1=O)c1ccc(Cl)cc1. The Labute approximate surface area is 173 Å². The summed E-state index contributed by atoms with van der Waals surface area (Å²) < 4.78 is 5.76. The Morgan fingerprint density at radius 2 is 1.59 bits per heavy atom. The number of hydrogen-bond acceptors (Lipinski definition) is 4. The van der Waals surface area contributed by atoms with Crippen LogP contribution in [0.3, 0.4) is 0 Å². The number of rotatable bonds is 5. The molecule has 148 valence electrons. The van der Waals surface area contributed by atoms with E-state index in [0.29, 0.717) is 33.9 Å². The van der Waals surface area contributed by atoms with E-state index < -0.39 is 0 Å². The lowest BCUT2D eigenvalue weighted by molar-refractivity contribution is -0.123. The highest BCUT2D eigenvalue weighted by Gasteiger charge is 2.61. The predicted molar refractivity (Wildman–Crippen MR) is 108 cm³/mol. The average molecular weight is 410 g/mol. The molecule has 6 heteroatoms. The van der Waals surface area contributed by atoms with Gasteiger partial charge in [0.15, 0.2) is 12.4 Å². The van der Waals surface area contributed by atoms with E-state index in [1.807, 2.05) is 0 Å². The van der Waals surface area contributed by atoms with Gasteiger partial charge in [0.05, 0.1) is 17.5 Å². The van der Waals surface area contributed by atoms with E-state index in [1.54, 1.807) is 48.5 Å². The first kappa shape index (κ1) is 18.4. The van der Waals surface area contributed by atoms with Crippen LogP contribution in [-0.2, 0) is 9.59 Å². The molecular formula is C23H20ClNO4. The second-order valence-electron chi connectivity index (χ2n) is 8.08. The van der Waals surface area contributed by atoms with Crippen molar-refractivity contribution in [1.82, 2.24) is 0 Å². The van der Waals surface area contributed by atoms with Crippen LogP contribution in [0.2, 0.25) is 5.02 Å². The molecule has 2 bridgehead atoms. The first-order chi connectivity index (χ1) is 14.0. The fourth-order valence-electron chi connectivity index (χ4n) is 5.27. The van der Waals surface area contributed by atoms with Crippen molar-refractivity contribution in [3.05, 3.63) is 59.1 Å². The summed E-state index contributed by atoms with van der Waals surface area (Å²) in [5, 5.41) is 0.554. The third kappa shape index (κ3) is 2.96. The molecule has 2 aromatic rings. The predicted octanol–water partition coefficient (Wildman–Crippen LogP) is 4.14. The van der Waals surface area contributed by atoms with Gasteiger partial charge in [0.2, 0.25) is 11.8 Å². The number of halogens is 1. The molecule has 0 spiro atoms. The normalized spacial score (nSPS) is 27.4. The molecule has 2 aromatic carbocycles. The minimum atomic E-state index is -0.203. The standard InChI is InChI=1S/C23H20ClNO4/c24-16-9-7-13(8-10-16)18(26)12-29-19-4-2-1-3-17(19)25-22(27)20-14-5-6-15(11-14)21(20)23(25)28/h1-4,7-10,14-15,20-21H,5-6,11-12H2/t14-,15+,20+,21-. The Morgan fingerprint density at radius 1 is 0.966 bits per heavy atom. The molecule has 4 atom stereocenters. The van der Waals surface area contributed by atoms with Gasteiger partial charge in [-0.1, -0.05) is 23.7 Å². The van der Waals surface area contributed by atoms with Gasteiger partial charge in [0.1, 0.15) is 5.75 Å². The van der Waals surface area contributed by atoms with Crippen LogP contribution in [-0.4, -0.2) is 24.2 Å². The molecule has 2 saturated carbocycles. The van der Waals surface area contributed by atoms with Gasteiger partial charge in [-0.25, -0.2) is 4.90 Å². The van der Waals surface area contributed by atoms with Crippen molar-refractivity contribution in [2.45, 2.75) is 19.3 Å². The molecule has 5 rings (SSSR count). The first-order valence-corrected chi connectivity index (χ1v) is 10.3. The number of Topliss-reactive ketones (excluding diaryl/α,β-unsaturated/α-hetero) is 1. The third-order valence-electron chi connectivity index (χ3n) is 6.56. The minimum Gasteiger partial charge on any atom is -0.483 e. The number of fused-ring (bicyclic) bond motifs is 5. The highest BCUT2D eigenvalue weighted by atomic mass is 35.5. The van der Waals surface area contributed by atoms with Crippen molar-refractivity contribution < 1.29 is 19.1 Å². The molecule has 0 N–H and O–H groups in total. The Balaban J connectivity index is 1.37. The number of amides is 2. The molecule has 0 aromatic heterocycles. The van der Waals surface area contributed by atoms with Crippen molar-refractivity contribution in [2.24, 2.45) is 23.7 Å². The molecule has 5 nitrogen and oxygen atoms in total. The topological polar surface area (TPSA) is 63.7 Å². The van der Waals surface area contributed by atoms with Gasteiger partial charge < -0.3 is 4.74 Å². The molecule has 3 fully saturated rings. The number of carbonyl (C=O) groups excluding carboxylic acids is 3. The van der Waals surface area contributed by atoms with Gasteiger partial charge in [0, 0.05) is 10.6 Å². The number of carbonyl (C=O) groups is 3. The van der Waals surface area contributed by atoms with E-state index in [1.165, 1.54) is 4.90 Å². The van der Waals surface area contributed by atoms with Crippen molar-refractivity contribution in [3.63, 3.8) is 0 Å². The summed E-state index contributed by atoms with van der Waals surface area (Å²) >= 11 is 5.86. The largest absolute Gasteiger partial charge is 0.483 e. The second kappa shape index (κ2) is 6.99. The number of ketones is 1. The van der Waals surface area contributed by atoms with Crippen molar-refractivity contribution in [1.29, 1.82) is 0 Å². The zero-order chi connectivity index (χ0) is 20.1. The van der Waals surface area contributed by atoms with Crippen LogP contribution < -0.4 is 9.64 Å². The van der Waals surface area contributed by atoms with E-state index in [9.17, 15) is 14.4 Å². The second-order valence-corrected chi connectivity index (χ2v) is 8.52. The van der Waals surface area contributed by atoms with Crippen LogP contribution in [0.4, 0.5) is 5.69 Å². The number of nitrogens with zero attached hydrogens (tertiary/aromatic N) is 1. The molecule has 2 amide bonds. The summed E-state index contributed by atoms with van der Waals surface area (Å²) in [6.45, 7) is -0.188. The smallest absolute Gasteiger partial charge is 0.238 e. The van der Waals surface area contributed by atoms with Crippen LogP contribution in [0.1, 0.15) is 29.6 Å². The summed E-state index contributed by atoms with van der Waals surface area (Å²) in [5.74, 6) is 0.195. The van der Waals surface area contributed by atoms with Crippen LogP contribution >= 0.6 is 11.6 Å². The monoisotopic (exact) mass is 409 g/mol. The lowest BCUT2D eigenvalue weighted by atomic mass is 9.81. The number of para-hydroxylation sites is 2. The first-order valence-electron chi connectivity index (χ1n) is 9.93. The lowest BCUT2D eigenvalue weighted by Crippen LogP contribution is -2.33. The van der Waals surface area contributed by atoms with E-state index in [2.05, 4.69) is 0 Å².